The van der Waals surface area contributed by atoms with Crippen molar-refractivity contribution >= 4 is 40.2 Å². The van der Waals surface area contributed by atoms with E-state index in [1.54, 1.807) is 12.1 Å². The fourth-order valence-electron chi connectivity index (χ4n) is 1.55. The number of benzene rings is 1. The van der Waals surface area contributed by atoms with Crippen molar-refractivity contribution in [3.05, 3.63) is 27.8 Å². The minimum Gasteiger partial charge on any atom is -0.376 e. The molecule has 1 unspecified atom stereocenters. The average molecular weight is 376 g/mol. The molecule has 1 heterocycles. The SMILES string of the molecule is O=C(NC(=O)C1COCCO1)Nc1ccccc1I. The van der Waals surface area contributed by atoms with E-state index >= 15 is 0 Å². The van der Waals surface area contributed by atoms with Crippen molar-refractivity contribution in [1.82, 2.24) is 5.32 Å². The topological polar surface area (TPSA) is 76.7 Å². The first kappa shape index (κ1) is 14.2. The zero-order chi connectivity index (χ0) is 13.7. The zero-order valence-corrected chi connectivity index (χ0v) is 12.2. The molecule has 0 aromatic heterocycles. The molecule has 19 heavy (non-hydrogen) atoms. The third kappa shape index (κ3) is 4.15. The second-order valence-corrected chi connectivity index (χ2v) is 5.02. The summed E-state index contributed by atoms with van der Waals surface area (Å²) in [4.78, 5) is 23.4. The van der Waals surface area contributed by atoms with Crippen LogP contribution in [0.1, 0.15) is 0 Å². The molecular formula is C12H13IN2O4. The number of carbonyl (C=O) groups excluding carboxylic acids is 2. The van der Waals surface area contributed by atoms with E-state index < -0.39 is 18.0 Å². The molecule has 2 N–H and O–H groups in total. The second-order valence-electron chi connectivity index (χ2n) is 3.86. The summed E-state index contributed by atoms with van der Waals surface area (Å²) in [6.07, 6.45) is -0.727. The summed E-state index contributed by atoms with van der Waals surface area (Å²) in [7, 11) is 0. The van der Waals surface area contributed by atoms with Crippen LogP contribution in [0.4, 0.5) is 10.5 Å². The second kappa shape index (κ2) is 6.83. The van der Waals surface area contributed by atoms with Crippen molar-refractivity contribution in [2.75, 3.05) is 25.1 Å². The smallest absolute Gasteiger partial charge is 0.325 e. The lowest BCUT2D eigenvalue weighted by Crippen LogP contribution is -2.46. The molecule has 0 radical (unpaired) electrons. The molecule has 7 heteroatoms. The number of para-hydroxylation sites is 1. The average Bonchev–Trinajstić information content (AvgIpc) is 2.42. The molecule has 1 atom stereocenters. The molecule has 0 aliphatic carbocycles. The Morgan fingerprint density at radius 2 is 2.05 bits per heavy atom. The first-order valence-corrected chi connectivity index (χ1v) is 6.80. The highest BCUT2D eigenvalue weighted by atomic mass is 127. The van der Waals surface area contributed by atoms with Crippen LogP contribution < -0.4 is 10.6 Å². The maximum Gasteiger partial charge on any atom is 0.325 e. The summed E-state index contributed by atoms with van der Waals surface area (Å²) < 4.78 is 11.2. The first-order chi connectivity index (χ1) is 9.16. The van der Waals surface area contributed by atoms with Gasteiger partial charge in [0, 0.05) is 3.57 Å². The van der Waals surface area contributed by atoms with Gasteiger partial charge >= 0.3 is 6.03 Å². The lowest BCUT2D eigenvalue weighted by Gasteiger charge is -2.21. The molecule has 6 nitrogen and oxygen atoms in total. The highest BCUT2D eigenvalue weighted by molar-refractivity contribution is 14.1. The summed E-state index contributed by atoms with van der Waals surface area (Å²) >= 11 is 2.10. The summed E-state index contributed by atoms with van der Waals surface area (Å²) in [5, 5.41) is 4.83. The number of amides is 3. The fourth-order valence-corrected chi connectivity index (χ4v) is 2.07. The van der Waals surface area contributed by atoms with E-state index in [-0.39, 0.29) is 6.61 Å². The predicted octanol–water partition coefficient (Wildman–Crippen LogP) is 1.35. The van der Waals surface area contributed by atoms with Crippen LogP contribution in [0.3, 0.4) is 0 Å². The highest BCUT2D eigenvalue weighted by Crippen LogP contribution is 2.16. The van der Waals surface area contributed by atoms with E-state index in [0.717, 1.165) is 3.57 Å². The van der Waals surface area contributed by atoms with Crippen LogP contribution in [-0.2, 0) is 14.3 Å². The van der Waals surface area contributed by atoms with Gasteiger partial charge in [-0.25, -0.2) is 4.79 Å². The number of hydrogen-bond acceptors (Lipinski definition) is 4. The van der Waals surface area contributed by atoms with Gasteiger partial charge in [-0.3, -0.25) is 10.1 Å². The Morgan fingerprint density at radius 1 is 1.26 bits per heavy atom. The van der Waals surface area contributed by atoms with E-state index in [0.29, 0.717) is 18.9 Å². The van der Waals surface area contributed by atoms with E-state index in [2.05, 4.69) is 33.2 Å². The number of urea groups is 1. The minimum absolute atomic E-state index is 0.169. The molecule has 1 saturated heterocycles. The first-order valence-electron chi connectivity index (χ1n) is 5.72. The number of ether oxygens (including phenoxy) is 2. The summed E-state index contributed by atoms with van der Waals surface area (Å²) in [6, 6.07) is 6.70. The molecule has 1 aliphatic heterocycles. The van der Waals surface area contributed by atoms with E-state index in [9.17, 15) is 9.59 Å². The van der Waals surface area contributed by atoms with Gasteiger partial charge in [-0.2, -0.15) is 0 Å². The molecule has 1 aromatic carbocycles. The van der Waals surface area contributed by atoms with Crippen LogP contribution in [-0.4, -0.2) is 37.9 Å². The molecule has 0 spiro atoms. The van der Waals surface area contributed by atoms with Crippen LogP contribution in [0.15, 0.2) is 24.3 Å². The lowest BCUT2D eigenvalue weighted by atomic mass is 10.3. The van der Waals surface area contributed by atoms with Crippen molar-refractivity contribution in [1.29, 1.82) is 0 Å². The van der Waals surface area contributed by atoms with Crippen LogP contribution in [0.25, 0.3) is 0 Å². The predicted molar refractivity (Wildman–Crippen MR) is 76.9 cm³/mol. The van der Waals surface area contributed by atoms with Gasteiger partial charge in [-0.1, -0.05) is 12.1 Å². The Morgan fingerprint density at radius 3 is 2.74 bits per heavy atom. The van der Waals surface area contributed by atoms with Gasteiger partial charge in [-0.05, 0) is 34.7 Å². The Balaban J connectivity index is 1.87. The van der Waals surface area contributed by atoms with Crippen molar-refractivity contribution in [3.8, 4) is 0 Å². The largest absolute Gasteiger partial charge is 0.376 e. The van der Waals surface area contributed by atoms with Crippen LogP contribution in [0.2, 0.25) is 0 Å². The van der Waals surface area contributed by atoms with Crippen molar-refractivity contribution in [3.63, 3.8) is 0 Å². The number of imide groups is 1. The summed E-state index contributed by atoms with van der Waals surface area (Å²) in [5.74, 6) is -0.497. The summed E-state index contributed by atoms with van der Waals surface area (Å²) in [6.45, 7) is 0.996. The van der Waals surface area contributed by atoms with Gasteiger partial charge in [0.15, 0.2) is 6.10 Å². The van der Waals surface area contributed by atoms with Gasteiger partial charge in [0.25, 0.3) is 5.91 Å². The van der Waals surface area contributed by atoms with Gasteiger partial charge in [0.05, 0.1) is 25.5 Å². The molecule has 1 fully saturated rings. The molecule has 1 aromatic rings. The fraction of sp³-hybridized carbons (Fsp3) is 0.333. The van der Waals surface area contributed by atoms with Crippen LogP contribution >= 0.6 is 22.6 Å². The Hall–Kier alpha value is -1.19. The summed E-state index contributed by atoms with van der Waals surface area (Å²) in [5.41, 5.74) is 0.647. The number of rotatable bonds is 2. The standard InChI is InChI=1S/C12H13IN2O4/c13-8-3-1-2-4-9(8)14-12(17)15-11(16)10-7-18-5-6-19-10/h1-4,10H,5-7H2,(H2,14,15,16,17). The van der Waals surface area contributed by atoms with Gasteiger partial charge < -0.3 is 14.8 Å². The zero-order valence-electron chi connectivity index (χ0n) is 10.0. The van der Waals surface area contributed by atoms with Gasteiger partial charge in [-0.15, -0.1) is 0 Å². The quantitative estimate of drug-likeness (QED) is 0.765. The number of anilines is 1. The normalized spacial score (nSPS) is 18.7. The van der Waals surface area contributed by atoms with Gasteiger partial charge in [0.1, 0.15) is 0 Å². The van der Waals surface area contributed by atoms with Crippen molar-refractivity contribution in [2.24, 2.45) is 0 Å². The van der Waals surface area contributed by atoms with Gasteiger partial charge in [0.2, 0.25) is 0 Å². The number of carbonyl (C=O) groups is 2. The van der Waals surface area contributed by atoms with Crippen molar-refractivity contribution < 1.29 is 19.1 Å². The maximum atomic E-state index is 11.7. The monoisotopic (exact) mass is 376 g/mol. The molecule has 0 saturated carbocycles. The number of hydrogen-bond donors (Lipinski definition) is 2. The molecule has 3 amide bonds. The maximum absolute atomic E-state index is 11.7. The van der Waals surface area contributed by atoms with Crippen LogP contribution in [0.5, 0.6) is 0 Å². The Kier molecular flexibility index (Phi) is 5.11. The van der Waals surface area contributed by atoms with E-state index in [1.165, 1.54) is 0 Å². The molecular weight excluding hydrogens is 363 g/mol. The molecule has 1 aliphatic rings. The number of nitrogens with one attached hydrogen (secondary N) is 2. The molecule has 2 rings (SSSR count). The highest BCUT2D eigenvalue weighted by Gasteiger charge is 2.24. The van der Waals surface area contributed by atoms with E-state index in [1.807, 2.05) is 12.1 Å². The number of halogens is 1. The Labute approximate surface area is 124 Å². The third-order valence-corrected chi connectivity index (χ3v) is 3.41. The molecule has 0 bridgehead atoms. The molecule has 102 valence electrons. The van der Waals surface area contributed by atoms with Crippen LogP contribution in [0, 0.1) is 3.57 Å². The Bertz CT molecular complexity index is 475. The van der Waals surface area contributed by atoms with Crippen molar-refractivity contribution in [2.45, 2.75) is 6.10 Å². The lowest BCUT2D eigenvalue weighted by molar-refractivity contribution is -0.146. The van der Waals surface area contributed by atoms with E-state index in [4.69, 9.17) is 9.47 Å². The third-order valence-electron chi connectivity index (χ3n) is 2.47. The minimum atomic E-state index is -0.727.